The van der Waals surface area contributed by atoms with Crippen molar-refractivity contribution >= 4 is 17.8 Å². The SMILES string of the molecule is CCCCCCC(=O)NCC[N+](CCO)(C(CC)C(=O)O)C(CCC)C(=O)O. The maximum atomic E-state index is 12.1. The van der Waals surface area contributed by atoms with Gasteiger partial charge in [-0.1, -0.05) is 40.0 Å². The monoisotopic (exact) mass is 403 g/mol. The molecule has 0 fully saturated rings. The number of aliphatic carboxylic acids is 2. The van der Waals surface area contributed by atoms with Crippen molar-refractivity contribution in [1.82, 2.24) is 5.32 Å². The van der Waals surface area contributed by atoms with Gasteiger partial charge in [0, 0.05) is 19.3 Å². The van der Waals surface area contributed by atoms with E-state index in [4.69, 9.17) is 0 Å². The molecule has 1 amide bonds. The number of unbranched alkanes of at least 4 members (excludes halogenated alkanes) is 3. The largest absolute Gasteiger partial charge is 0.477 e. The summed E-state index contributed by atoms with van der Waals surface area (Å²) in [6.07, 6.45) is 5.51. The van der Waals surface area contributed by atoms with E-state index in [0.29, 0.717) is 19.3 Å². The number of hydrogen-bond acceptors (Lipinski definition) is 4. The molecule has 8 heteroatoms. The zero-order valence-electron chi connectivity index (χ0n) is 17.7. The van der Waals surface area contributed by atoms with E-state index in [2.05, 4.69) is 12.2 Å². The number of aliphatic hydroxyl groups is 1. The molecule has 0 saturated carbocycles. The summed E-state index contributed by atoms with van der Waals surface area (Å²) in [5.74, 6) is -2.26. The Kier molecular flexibility index (Phi) is 13.5. The predicted octanol–water partition coefficient (Wildman–Crippen LogP) is 2.00. The maximum absolute atomic E-state index is 12.1. The minimum Gasteiger partial charge on any atom is -0.477 e. The van der Waals surface area contributed by atoms with Crippen LogP contribution in [-0.4, -0.2) is 76.0 Å². The van der Waals surface area contributed by atoms with Crippen LogP contribution in [0.25, 0.3) is 0 Å². The van der Waals surface area contributed by atoms with E-state index in [1.807, 2.05) is 6.92 Å². The van der Waals surface area contributed by atoms with Gasteiger partial charge in [-0.2, -0.15) is 0 Å². The number of hydrogen-bond donors (Lipinski definition) is 4. The van der Waals surface area contributed by atoms with Gasteiger partial charge in [0.1, 0.15) is 6.54 Å². The van der Waals surface area contributed by atoms with E-state index in [9.17, 15) is 29.7 Å². The fourth-order valence-electron chi connectivity index (χ4n) is 3.97. The molecule has 0 radical (unpaired) electrons. The molecule has 8 nitrogen and oxygen atoms in total. The Bertz CT molecular complexity index is 485. The lowest BCUT2D eigenvalue weighted by Gasteiger charge is -2.46. The maximum Gasteiger partial charge on any atom is 0.362 e. The molecule has 28 heavy (non-hydrogen) atoms. The van der Waals surface area contributed by atoms with E-state index >= 15 is 0 Å². The van der Waals surface area contributed by atoms with Crippen LogP contribution < -0.4 is 5.32 Å². The molecule has 0 heterocycles. The van der Waals surface area contributed by atoms with E-state index < -0.39 is 24.0 Å². The Labute approximate surface area is 168 Å². The van der Waals surface area contributed by atoms with Gasteiger partial charge < -0.3 is 20.6 Å². The molecule has 3 atom stereocenters. The molecule has 0 aromatic heterocycles. The van der Waals surface area contributed by atoms with Crippen LogP contribution >= 0.6 is 0 Å². The summed E-state index contributed by atoms with van der Waals surface area (Å²) in [5.41, 5.74) is 0. The Morgan fingerprint density at radius 1 is 0.893 bits per heavy atom. The Balaban J connectivity index is 5.38. The summed E-state index contributed by atoms with van der Waals surface area (Å²) in [5, 5.41) is 31.9. The fraction of sp³-hybridized carbons (Fsp3) is 0.850. The quantitative estimate of drug-likeness (QED) is 0.217. The molecule has 0 aromatic carbocycles. The first-order valence-corrected chi connectivity index (χ1v) is 10.5. The van der Waals surface area contributed by atoms with Crippen molar-refractivity contribution < 1.29 is 34.2 Å². The normalized spacial score (nSPS) is 15.4. The van der Waals surface area contributed by atoms with Crippen molar-refractivity contribution in [2.24, 2.45) is 0 Å². The van der Waals surface area contributed by atoms with Gasteiger partial charge >= 0.3 is 11.9 Å². The molecule has 0 spiro atoms. The number of carbonyl (C=O) groups excluding carboxylic acids is 1. The molecule has 0 aliphatic heterocycles. The highest BCUT2D eigenvalue weighted by molar-refractivity contribution is 5.76. The second-order valence-electron chi connectivity index (χ2n) is 7.34. The Hall–Kier alpha value is -1.67. The first-order chi connectivity index (χ1) is 13.3. The molecular formula is C20H39N2O6+. The second kappa shape index (κ2) is 14.3. The van der Waals surface area contributed by atoms with Crippen LogP contribution in [0.2, 0.25) is 0 Å². The number of carbonyl (C=O) groups is 3. The van der Waals surface area contributed by atoms with Crippen LogP contribution in [0.3, 0.4) is 0 Å². The van der Waals surface area contributed by atoms with Gasteiger partial charge in [-0.3, -0.25) is 9.28 Å². The molecule has 0 aliphatic rings. The molecular weight excluding hydrogens is 364 g/mol. The van der Waals surface area contributed by atoms with Gasteiger partial charge in [-0.15, -0.1) is 0 Å². The second-order valence-corrected chi connectivity index (χ2v) is 7.34. The average Bonchev–Trinajstić information content (AvgIpc) is 2.63. The number of nitrogens with zero attached hydrogens (tertiary/aromatic N) is 1. The van der Waals surface area contributed by atoms with Crippen molar-refractivity contribution in [3.63, 3.8) is 0 Å². The van der Waals surface area contributed by atoms with Crippen LogP contribution in [0.15, 0.2) is 0 Å². The van der Waals surface area contributed by atoms with E-state index in [1.165, 1.54) is 0 Å². The first-order valence-electron chi connectivity index (χ1n) is 10.5. The third-order valence-corrected chi connectivity index (χ3v) is 5.38. The lowest BCUT2D eigenvalue weighted by molar-refractivity contribution is -0.957. The van der Waals surface area contributed by atoms with Crippen LogP contribution in [0.5, 0.6) is 0 Å². The number of rotatable bonds is 17. The van der Waals surface area contributed by atoms with Gasteiger partial charge in [0.2, 0.25) is 5.91 Å². The van der Waals surface area contributed by atoms with E-state index in [-0.39, 0.29) is 43.1 Å². The van der Waals surface area contributed by atoms with Gasteiger partial charge in [0.25, 0.3) is 0 Å². The van der Waals surface area contributed by atoms with Crippen molar-refractivity contribution in [2.75, 3.05) is 26.2 Å². The average molecular weight is 404 g/mol. The number of quaternary nitrogens is 1. The molecule has 3 unspecified atom stereocenters. The van der Waals surface area contributed by atoms with Crippen molar-refractivity contribution in [3.05, 3.63) is 0 Å². The summed E-state index contributed by atoms with van der Waals surface area (Å²) in [7, 11) is 0. The number of amides is 1. The molecule has 0 aromatic rings. The van der Waals surface area contributed by atoms with Gasteiger partial charge in [-0.25, -0.2) is 9.59 Å². The number of nitrogens with one attached hydrogen (secondary N) is 1. The van der Waals surface area contributed by atoms with E-state index in [1.54, 1.807) is 6.92 Å². The van der Waals surface area contributed by atoms with Gasteiger partial charge in [0.05, 0.1) is 19.7 Å². The minimum atomic E-state index is -1.08. The van der Waals surface area contributed by atoms with Crippen LogP contribution in [0.1, 0.15) is 72.1 Å². The number of carboxylic acids is 2. The summed E-state index contributed by atoms with van der Waals surface area (Å²) < 4.78 is -0.262. The molecule has 164 valence electrons. The lowest BCUT2D eigenvalue weighted by Crippen LogP contribution is -2.68. The van der Waals surface area contributed by atoms with Crippen molar-refractivity contribution in [3.8, 4) is 0 Å². The predicted molar refractivity (Wildman–Crippen MR) is 107 cm³/mol. The molecule has 0 aliphatic carbocycles. The highest BCUT2D eigenvalue weighted by Crippen LogP contribution is 2.26. The smallest absolute Gasteiger partial charge is 0.362 e. The standard InChI is InChI=1S/C20H38N2O6/c1-4-7-8-9-11-18(24)21-12-13-22(14-15-23,16(6-3)19(25)26)17(10-5-2)20(27)28/h16-17,23H,4-15H2,1-3H3,(H2-,21,24,25,26,27,28)/p+1. The van der Waals surface area contributed by atoms with Crippen LogP contribution in [0, 0.1) is 0 Å². The summed E-state index contributed by atoms with van der Waals surface area (Å²) in [4.78, 5) is 35.9. The number of aliphatic hydroxyl groups excluding tert-OH is 1. The van der Waals surface area contributed by atoms with Gasteiger partial charge in [0.15, 0.2) is 12.1 Å². The first kappa shape index (κ1) is 26.3. The zero-order valence-corrected chi connectivity index (χ0v) is 17.7. The summed E-state index contributed by atoms with van der Waals surface area (Å²) in [6.45, 7) is 5.70. The van der Waals surface area contributed by atoms with Crippen molar-refractivity contribution in [2.45, 2.75) is 84.2 Å². The third kappa shape index (κ3) is 8.14. The fourth-order valence-corrected chi connectivity index (χ4v) is 3.97. The van der Waals surface area contributed by atoms with Crippen LogP contribution in [0.4, 0.5) is 0 Å². The Morgan fingerprint density at radius 2 is 1.54 bits per heavy atom. The molecule has 0 bridgehead atoms. The molecule has 0 rings (SSSR count). The van der Waals surface area contributed by atoms with Gasteiger partial charge in [-0.05, 0) is 12.8 Å². The third-order valence-electron chi connectivity index (χ3n) is 5.38. The van der Waals surface area contributed by atoms with Crippen LogP contribution in [-0.2, 0) is 14.4 Å². The Morgan fingerprint density at radius 3 is 2.00 bits per heavy atom. The number of carboxylic acid groups (broad SMARTS) is 2. The van der Waals surface area contributed by atoms with E-state index in [0.717, 1.165) is 25.7 Å². The van der Waals surface area contributed by atoms with Crippen molar-refractivity contribution in [1.29, 1.82) is 0 Å². The topological polar surface area (TPSA) is 124 Å². The highest BCUT2D eigenvalue weighted by atomic mass is 16.4. The lowest BCUT2D eigenvalue weighted by atomic mass is 9.99. The summed E-state index contributed by atoms with van der Waals surface area (Å²) >= 11 is 0. The molecule has 0 saturated heterocycles. The molecule has 4 N–H and O–H groups in total. The minimum absolute atomic E-state index is 0.0220. The zero-order chi connectivity index (χ0) is 21.6. The highest BCUT2D eigenvalue weighted by Gasteiger charge is 2.49. The summed E-state index contributed by atoms with van der Waals surface area (Å²) in [6, 6.07) is -1.90.